The first-order valence-corrected chi connectivity index (χ1v) is 6.67. The Hall–Kier alpha value is -2.76. The lowest BCUT2D eigenvalue weighted by Gasteiger charge is -2.07. The fraction of sp³-hybridized carbons (Fsp3) is 0.188. The first-order chi connectivity index (χ1) is 10.4. The van der Waals surface area contributed by atoms with Gasteiger partial charge in [-0.25, -0.2) is 4.39 Å². The van der Waals surface area contributed by atoms with E-state index in [1.807, 2.05) is 0 Å². The van der Waals surface area contributed by atoms with E-state index < -0.39 is 10.7 Å². The first kappa shape index (κ1) is 15.6. The molecule has 6 heteroatoms. The van der Waals surface area contributed by atoms with Crippen molar-refractivity contribution in [2.45, 2.75) is 13.8 Å². The highest BCUT2D eigenvalue weighted by atomic mass is 19.1. The van der Waals surface area contributed by atoms with Gasteiger partial charge in [-0.15, -0.1) is 0 Å². The molecule has 0 aromatic heterocycles. The molecule has 1 N–H and O–H groups in total. The van der Waals surface area contributed by atoms with Crippen LogP contribution in [0.2, 0.25) is 0 Å². The number of nitro benzene ring substituents is 1. The molecule has 2 rings (SSSR count). The van der Waals surface area contributed by atoms with E-state index in [1.54, 1.807) is 38.1 Å². The monoisotopic (exact) mass is 302 g/mol. The number of carbonyl (C=O) groups is 1. The van der Waals surface area contributed by atoms with E-state index in [2.05, 4.69) is 5.32 Å². The molecule has 0 unspecified atom stereocenters. The number of nitro groups is 1. The number of Topliss-reactive ketones (excluding diaryl/α,β-unsaturated/α-hetero) is 1. The van der Waals surface area contributed by atoms with Crippen molar-refractivity contribution in [3.05, 3.63) is 69.0 Å². The Kier molecular flexibility index (Phi) is 4.50. The Morgan fingerprint density at radius 2 is 1.86 bits per heavy atom. The van der Waals surface area contributed by atoms with Crippen molar-refractivity contribution in [2.75, 3.05) is 11.9 Å². The second kappa shape index (κ2) is 6.34. The van der Waals surface area contributed by atoms with Crippen LogP contribution in [-0.2, 0) is 0 Å². The Balaban J connectivity index is 2.09. The summed E-state index contributed by atoms with van der Waals surface area (Å²) in [6.07, 6.45) is 0. The van der Waals surface area contributed by atoms with Gasteiger partial charge >= 0.3 is 0 Å². The van der Waals surface area contributed by atoms with Crippen LogP contribution in [0.4, 0.5) is 15.8 Å². The second-order valence-electron chi connectivity index (χ2n) is 5.00. The molecule has 0 bridgehead atoms. The molecule has 0 atom stereocenters. The summed E-state index contributed by atoms with van der Waals surface area (Å²) in [4.78, 5) is 22.4. The molecule has 0 aliphatic heterocycles. The van der Waals surface area contributed by atoms with E-state index in [4.69, 9.17) is 0 Å². The van der Waals surface area contributed by atoms with E-state index >= 15 is 0 Å². The number of aryl methyl sites for hydroxylation is 2. The molecule has 2 aromatic rings. The maximum atomic E-state index is 13.4. The van der Waals surface area contributed by atoms with Crippen LogP contribution in [0.3, 0.4) is 0 Å². The molecule has 0 saturated heterocycles. The highest BCUT2D eigenvalue weighted by Gasteiger charge is 2.12. The summed E-state index contributed by atoms with van der Waals surface area (Å²) < 4.78 is 13.4. The van der Waals surface area contributed by atoms with E-state index in [0.717, 1.165) is 0 Å². The number of ketones is 1. The van der Waals surface area contributed by atoms with Crippen LogP contribution in [0.1, 0.15) is 21.5 Å². The SMILES string of the molecule is Cc1ccc(C(=O)CNc2ccc(C)c([N+](=O)[O-])c2)cc1F. The number of anilines is 1. The molecule has 5 nitrogen and oxygen atoms in total. The Morgan fingerprint density at radius 3 is 2.50 bits per heavy atom. The fourth-order valence-electron chi connectivity index (χ4n) is 1.97. The molecule has 0 heterocycles. The number of halogens is 1. The van der Waals surface area contributed by atoms with Crippen molar-refractivity contribution < 1.29 is 14.1 Å². The number of nitrogens with one attached hydrogen (secondary N) is 1. The van der Waals surface area contributed by atoms with Crippen LogP contribution in [0.15, 0.2) is 36.4 Å². The van der Waals surface area contributed by atoms with Crippen LogP contribution in [0.5, 0.6) is 0 Å². The average Bonchev–Trinajstić information content (AvgIpc) is 2.48. The first-order valence-electron chi connectivity index (χ1n) is 6.67. The van der Waals surface area contributed by atoms with Gasteiger partial charge in [-0.2, -0.15) is 0 Å². The fourth-order valence-corrected chi connectivity index (χ4v) is 1.97. The van der Waals surface area contributed by atoms with Crippen molar-refractivity contribution in [1.29, 1.82) is 0 Å². The van der Waals surface area contributed by atoms with Gasteiger partial charge in [0, 0.05) is 22.9 Å². The Bertz CT molecular complexity index is 744. The molecule has 0 amide bonds. The molecular formula is C16H15FN2O3. The summed E-state index contributed by atoms with van der Waals surface area (Å²) in [5, 5.41) is 13.7. The number of nitrogens with zero attached hydrogens (tertiary/aromatic N) is 1. The number of carbonyl (C=O) groups excluding carboxylic acids is 1. The van der Waals surface area contributed by atoms with E-state index in [-0.39, 0.29) is 23.6 Å². The van der Waals surface area contributed by atoms with Crippen molar-refractivity contribution in [3.8, 4) is 0 Å². The van der Waals surface area contributed by atoms with E-state index in [9.17, 15) is 19.3 Å². The molecule has 0 spiro atoms. The largest absolute Gasteiger partial charge is 0.377 e. The summed E-state index contributed by atoms with van der Waals surface area (Å²) in [6.45, 7) is 3.19. The van der Waals surface area contributed by atoms with Crippen molar-refractivity contribution in [2.24, 2.45) is 0 Å². The average molecular weight is 302 g/mol. The zero-order valence-corrected chi connectivity index (χ0v) is 12.2. The summed E-state index contributed by atoms with van der Waals surface area (Å²) in [7, 11) is 0. The van der Waals surface area contributed by atoms with Crippen LogP contribution < -0.4 is 5.32 Å². The predicted molar refractivity (Wildman–Crippen MR) is 81.8 cm³/mol. The predicted octanol–water partition coefficient (Wildman–Crippen LogP) is 3.65. The molecule has 0 saturated carbocycles. The standard InChI is InChI=1S/C16H15FN2O3/c1-10-3-5-12(7-14(10)17)16(20)9-18-13-6-4-11(2)15(8-13)19(21)22/h3-8,18H,9H2,1-2H3. The molecule has 2 aromatic carbocycles. The third kappa shape index (κ3) is 3.46. The number of benzene rings is 2. The van der Waals surface area contributed by atoms with E-state index in [1.165, 1.54) is 12.1 Å². The van der Waals surface area contributed by atoms with Gasteiger partial charge in [0.25, 0.3) is 5.69 Å². The molecular weight excluding hydrogens is 287 g/mol. The summed E-state index contributed by atoms with van der Waals surface area (Å²) in [5.41, 5.74) is 1.73. The number of hydrogen-bond donors (Lipinski definition) is 1. The maximum Gasteiger partial charge on any atom is 0.274 e. The summed E-state index contributed by atoms with van der Waals surface area (Å²) in [5.74, 6) is -0.723. The lowest BCUT2D eigenvalue weighted by molar-refractivity contribution is -0.385. The molecule has 0 radical (unpaired) electrons. The highest BCUT2D eigenvalue weighted by molar-refractivity contribution is 5.99. The van der Waals surface area contributed by atoms with E-state index in [0.29, 0.717) is 16.8 Å². The minimum absolute atomic E-state index is 0.0150. The smallest absolute Gasteiger partial charge is 0.274 e. The van der Waals surface area contributed by atoms with Gasteiger partial charge in [-0.05, 0) is 31.5 Å². The number of hydrogen-bond acceptors (Lipinski definition) is 4. The van der Waals surface area contributed by atoms with Gasteiger partial charge in [0.1, 0.15) is 5.82 Å². The molecule has 0 fully saturated rings. The summed E-state index contributed by atoms with van der Waals surface area (Å²) >= 11 is 0. The van der Waals surface area contributed by atoms with Gasteiger partial charge in [0.2, 0.25) is 0 Å². The van der Waals surface area contributed by atoms with Gasteiger partial charge in [-0.3, -0.25) is 14.9 Å². The van der Waals surface area contributed by atoms with Crippen LogP contribution in [-0.4, -0.2) is 17.3 Å². The van der Waals surface area contributed by atoms with Crippen LogP contribution in [0, 0.1) is 29.8 Å². The zero-order valence-electron chi connectivity index (χ0n) is 12.2. The van der Waals surface area contributed by atoms with Gasteiger partial charge in [0.15, 0.2) is 5.78 Å². The molecule has 0 aliphatic carbocycles. The number of rotatable bonds is 5. The minimum Gasteiger partial charge on any atom is -0.377 e. The highest BCUT2D eigenvalue weighted by Crippen LogP contribution is 2.22. The maximum absolute atomic E-state index is 13.4. The van der Waals surface area contributed by atoms with Gasteiger partial charge in [-0.1, -0.05) is 18.2 Å². The third-order valence-corrected chi connectivity index (χ3v) is 3.35. The quantitative estimate of drug-likeness (QED) is 0.520. The lowest BCUT2D eigenvalue weighted by Crippen LogP contribution is -2.14. The van der Waals surface area contributed by atoms with Gasteiger partial charge in [0.05, 0.1) is 11.5 Å². The topological polar surface area (TPSA) is 72.2 Å². The van der Waals surface area contributed by atoms with Gasteiger partial charge < -0.3 is 5.32 Å². The molecule has 114 valence electrons. The van der Waals surface area contributed by atoms with Crippen LogP contribution >= 0.6 is 0 Å². The summed E-state index contributed by atoms with van der Waals surface area (Å²) in [6, 6.07) is 8.93. The normalized spacial score (nSPS) is 10.3. The van der Waals surface area contributed by atoms with Crippen molar-refractivity contribution in [3.63, 3.8) is 0 Å². The Labute approximate surface area is 126 Å². The van der Waals surface area contributed by atoms with Crippen molar-refractivity contribution in [1.82, 2.24) is 0 Å². The molecule has 0 aliphatic rings. The minimum atomic E-state index is -0.475. The lowest BCUT2D eigenvalue weighted by atomic mass is 10.1. The second-order valence-corrected chi connectivity index (χ2v) is 5.00. The Morgan fingerprint density at radius 1 is 1.18 bits per heavy atom. The van der Waals surface area contributed by atoms with Crippen LogP contribution in [0.25, 0.3) is 0 Å². The third-order valence-electron chi connectivity index (χ3n) is 3.35. The molecule has 22 heavy (non-hydrogen) atoms. The zero-order chi connectivity index (χ0) is 16.3. The van der Waals surface area contributed by atoms with Crippen molar-refractivity contribution >= 4 is 17.2 Å².